The number of non-ortho nitro benzene ring substituents is 1. The minimum absolute atomic E-state index is 0.0354. The number of nitrogens with zero attached hydrogens (tertiary/aromatic N) is 2. The second-order valence-corrected chi connectivity index (χ2v) is 5.45. The Morgan fingerprint density at radius 3 is 2.92 bits per heavy atom. The summed E-state index contributed by atoms with van der Waals surface area (Å²) in [5, 5.41) is 15.0. The van der Waals surface area contributed by atoms with E-state index in [1.54, 1.807) is 12.1 Å². The Kier molecular flexibility index (Phi) is 4.60. The Morgan fingerprint density at radius 2 is 2.08 bits per heavy atom. The molecule has 7 nitrogen and oxygen atoms in total. The van der Waals surface area contributed by atoms with Crippen molar-refractivity contribution in [1.29, 1.82) is 0 Å². The fourth-order valence-corrected chi connectivity index (χ4v) is 2.33. The number of nitro benzene ring substituents is 1. The zero-order chi connectivity index (χ0) is 16.9. The first-order chi connectivity index (χ1) is 11.6. The van der Waals surface area contributed by atoms with E-state index in [-0.39, 0.29) is 12.5 Å². The number of anilines is 1. The molecule has 0 aromatic heterocycles. The summed E-state index contributed by atoms with van der Waals surface area (Å²) in [5.74, 6) is 1.55. The highest BCUT2D eigenvalue weighted by atomic mass is 16.7. The fourth-order valence-electron chi connectivity index (χ4n) is 2.33. The number of fused-ring (bicyclic) bond motifs is 1. The Hall–Kier alpha value is -3.09. The zero-order valence-electron chi connectivity index (χ0n) is 13.2. The predicted octanol–water partition coefficient (Wildman–Crippen LogP) is 3.74. The van der Waals surface area contributed by atoms with Crippen LogP contribution in [0, 0.1) is 10.1 Å². The smallest absolute Gasteiger partial charge is 0.271 e. The number of hydrogen-bond acceptors (Lipinski definition) is 6. The molecule has 3 rings (SSSR count). The molecule has 0 unspecified atom stereocenters. The van der Waals surface area contributed by atoms with E-state index in [1.165, 1.54) is 12.1 Å². The molecule has 124 valence electrons. The van der Waals surface area contributed by atoms with E-state index in [2.05, 4.69) is 10.5 Å². The number of nitrogens with one attached hydrogen (secondary N) is 1. The molecule has 1 aliphatic rings. The average molecular weight is 327 g/mol. The van der Waals surface area contributed by atoms with Crippen LogP contribution in [0.4, 0.5) is 11.4 Å². The highest BCUT2D eigenvalue weighted by molar-refractivity contribution is 5.82. The summed E-state index contributed by atoms with van der Waals surface area (Å²) in [6, 6.07) is 12.2. The van der Waals surface area contributed by atoms with Gasteiger partial charge < -0.3 is 9.47 Å². The van der Waals surface area contributed by atoms with Crippen molar-refractivity contribution in [2.24, 2.45) is 5.10 Å². The predicted molar refractivity (Wildman–Crippen MR) is 90.7 cm³/mol. The molecule has 1 aliphatic heterocycles. The maximum absolute atomic E-state index is 10.8. The lowest BCUT2D eigenvalue weighted by atomic mass is 10.1. The van der Waals surface area contributed by atoms with E-state index in [1.807, 2.05) is 25.1 Å². The van der Waals surface area contributed by atoms with Gasteiger partial charge >= 0.3 is 0 Å². The third kappa shape index (κ3) is 3.81. The van der Waals surface area contributed by atoms with Crippen LogP contribution in [0.3, 0.4) is 0 Å². The summed E-state index contributed by atoms with van der Waals surface area (Å²) in [7, 11) is 0. The summed E-state index contributed by atoms with van der Waals surface area (Å²) < 4.78 is 10.7. The van der Waals surface area contributed by atoms with Crippen molar-refractivity contribution in [3.05, 3.63) is 58.1 Å². The van der Waals surface area contributed by atoms with Crippen LogP contribution in [0.15, 0.2) is 47.6 Å². The number of benzene rings is 2. The molecule has 2 aromatic rings. The van der Waals surface area contributed by atoms with Gasteiger partial charge in [0, 0.05) is 17.8 Å². The van der Waals surface area contributed by atoms with Gasteiger partial charge in [0.1, 0.15) is 0 Å². The van der Waals surface area contributed by atoms with Crippen LogP contribution in [-0.2, 0) is 6.42 Å². The van der Waals surface area contributed by atoms with Crippen molar-refractivity contribution in [2.45, 2.75) is 19.8 Å². The molecular formula is C17H17N3O4. The minimum atomic E-state index is -0.429. The number of aryl methyl sites for hydroxylation is 1. The van der Waals surface area contributed by atoms with Gasteiger partial charge in [-0.25, -0.2) is 0 Å². The molecule has 1 heterocycles. The quantitative estimate of drug-likeness (QED) is 0.496. The first-order valence-electron chi connectivity index (χ1n) is 7.54. The van der Waals surface area contributed by atoms with Gasteiger partial charge in [-0.15, -0.1) is 0 Å². The van der Waals surface area contributed by atoms with Crippen LogP contribution in [0.5, 0.6) is 11.5 Å². The van der Waals surface area contributed by atoms with E-state index in [0.717, 1.165) is 35.6 Å². The van der Waals surface area contributed by atoms with Gasteiger partial charge in [0.05, 0.1) is 10.6 Å². The van der Waals surface area contributed by atoms with E-state index < -0.39 is 4.92 Å². The molecule has 0 saturated heterocycles. The van der Waals surface area contributed by atoms with Crippen molar-refractivity contribution < 1.29 is 14.4 Å². The molecular weight excluding hydrogens is 310 g/mol. The number of ether oxygens (including phenoxy) is 2. The van der Waals surface area contributed by atoms with E-state index in [9.17, 15) is 10.1 Å². The molecule has 0 radical (unpaired) electrons. The minimum Gasteiger partial charge on any atom is -0.454 e. The first kappa shape index (κ1) is 15.8. The highest BCUT2D eigenvalue weighted by Crippen LogP contribution is 2.32. The van der Waals surface area contributed by atoms with Gasteiger partial charge in [0.2, 0.25) is 6.79 Å². The average Bonchev–Trinajstić information content (AvgIpc) is 3.06. The molecule has 0 fully saturated rings. The number of hydrogen-bond donors (Lipinski definition) is 1. The van der Waals surface area contributed by atoms with E-state index >= 15 is 0 Å². The lowest BCUT2D eigenvalue weighted by molar-refractivity contribution is -0.384. The van der Waals surface area contributed by atoms with Gasteiger partial charge in [0.25, 0.3) is 5.69 Å². The molecule has 0 atom stereocenters. The molecule has 2 aromatic carbocycles. The largest absolute Gasteiger partial charge is 0.454 e. The Bertz CT molecular complexity index is 789. The van der Waals surface area contributed by atoms with Gasteiger partial charge in [0.15, 0.2) is 11.5 Å². The Labute approximate surface area is 139 Å². The van der Waals surface area contributed by atoms with Crippen molar-refractivity contribution >= 4 is 17.1 Å². The number of nitro groups is 1. The van der Waals surface area contributed by atoms with Crippen LogP contribution in [0.1, 0.15) is 18.9 Å². The molecule has 0 saturated carbocycles. The summed E-state index contributed by atoms with van der Waals surface area (Å²) in [4.78, 5) is 10.3. The number of hydrazone groups is 1. The SMILES string of the molecule is CC(CCc1ccc2c(c1)OCO2)=NNc1cccc([N+](=O)[O-])c1. The third-order valence-corrected chi connectivity index (χ3v) is 3.65. The van der Waals surface area contributed by atoms with E-state index in [4.69, 9.17) is 9.47 Å². The molecule has 0 bridgehead atoms. The molecule has 1 N–H and O–H groups in total. The van der Waals surface area contributed by atoms with Crippen LogP contribution >= 0.6 is 0 Å². The van der Waals surface area contributed by atoms with Gasteiger partial charge in [-0.05, 0) is 43.5 Å². The molecule has 24 heavy (non-hydrogen) atoms. The van der Waals surface area contributed by atoms with Crippen LogP contribution < -0.4 is 14.9 Å². The van der Waals surface area contributed by atoms with Crippen molar-refractivity contribution in [3.8, 4) is 11.5 Å². The van der Waals surface area contributed by atoms with Crippen LogP contribution in [0.2, 0.25) is 0 Å². The summed E-state index contributed by atoms with van der Waals surface area (Å²) in [5.41, 5.74) is 5.53. The monoisotopic (exact) mass is 327 g/mol. The normalized spacial score (nSPS) is 13.0. The van der Waals surface area contributed by atoms with Crippen LogP contribution in [-0.4, -0.2) is 17.4 Å². The standard InChI is InChI=1S/C17H17N3O4/c1-12(18-19-14-3-2-4-15(10-14)20(21)22)5-6-13-7-8-16-17(9-13)24-11-23-16/h2-4,7-10,19H,5-6,11H2,1H3. The van der Waals surface area contributed by atoms with Crippen molar-refractivity contribution in [3.63, 3.8) is 0 Å². The topological polar surface area (TPSA) is 86.0 Å². The summed E-state index contributed by atoms with van der Waals surface area (Å²) in [6.07, 6.45) is 1.59. The zero-order valence-corrected chi connectivity index (χ0v) is 13.2. The molecule has 0 spiro atoms. The van der Waals surface area contributed by atoms with Gasteiger partial charge in [-0.2, -0.15) is 5.10 Å². The molecule has 0 aliphatic carbocycles. The Balaban J connectivity index is 1.56. The first-order valence-corrected chi connectivity index (χ1v) is 7.54. The third-order valence-electron chi connectivity index (χ3n) is 3.65. The lowest BCUT2D eigenvalue weighted by Gasteiger charge is -2.05. The Morgan fingerprint density at radius 1 is 1.25 bits per heavy atom. The second-order valence-electron chi connectivity index (χ2n) is 5.45. The van der Waals surface area contributed by atoms with Gasteiger partial charge in [-0.1, -0.05) is 12.1 Å². The van der Waals surface area contributed by atoms with Crippen LogP contribution in [0.25, 0.3) is 0 Å². The van der Waals surface area contributed by atoms with E-state index in [0.29, 0.717) is 5.69 Å². The maximum atomic E-state index is 10.8. The van der Waals surface area contributed by atoms with Gasteiger partial charge in [-0.3, -0.25) is 15.5 Å². The van der Waals surface area contributed by atoms with Crippen molar-refractivity contribution in [2.75, 3.05) is 12.2 Å². The lowest BCUT2D eigenvalue weighted by Crippen LogP contribution is -2.00. The number of rotatable bonds is 6. The molecule has 0 amide bonds. The summed E-state index contributed by atoms with van der Waals surface area (Å²) in [6.45, 7) is 2.18. The maximum Gasteiger partial charge on any atom is 0.271 e. The summed E-state index contributed by atoms with van der Waals surface area (Å²) >= 11 is 0. The molecule has 7 heteroatoms. The highest BCUT2D eigenvalue weighted by Gasteiger charge is 2.13. The van der Waals surface area contributed by atoms with Crippen molar-refractivity contribution in [1.82, 2.24) is 0 Å². The fraction of sp³-hybridized carbons (Fsp3) is 0.235. The second kappa shape index (κ2) is 6.99.